The summed E-state index contributed by atoms with van der Waals surface area (Å²) in [6, 6.07) is 0. The minimum Gasteiger partial charge on any atom is -0.481 e. The monoisotopic (exact) mass is 220 g/mol. The highest BCUT2D eigenvalue weighted by Crippen LogP contribution is 2.18. The molecule has 16 heavy (non-hydrogen) atoms. The molecule has 4 nitrogen and oxygen atoms in total. The largest absolute Gasteiger partial charge is 0.481 e. The Morgan fingerprint density at radius 2 is 1.31 bits per heavy atom. The Kier molecular flexibility index (Phi) is 3.39. The second kappa shape index (κ2) is 4.96. The molecule has 0 aromatic heterocycles. The van der Waals surface area contributed by atoms with Crippen LogP contribution >= 0.6 is 0 Å². The Bertz CT molecular complexity index is 354. The third kappa shape index (κ3) is 2.32. The lowest BCUT2D eigenvalue weighted by Crippen LogP contribution is -2.19. The number of allylic oxidation sites excluding steroid dienone is 2. The Morgan fingerprint density at radius 3 is 1.69 bits per heavy atom. The van der Waals surface area contributed by atoms with E-state index in [-0.39, 0.29) is 0 Å². The van der Waals surface area contributed by atoms with Crippen LogP contribution in [-0.4, -0.2) is 25.6 Å². The molecule has 0 bridgehead atoms. The van der Waals surface area contributed by atoms with E-state index in [9.17, 15) is 0 Å². The molecular formula is C12H16N2O2. The summed E-state index contributed by atoms with van der Waals surface area (Å²) in [6.07, 6.45) is 7.80. The van der Waals surface area contributed by atoms with Gasteiger partial charge in [0.25, 0.3) is 0 Å². The predicted molar refractivity (Wildman–Crippen MR) is 63.5 cm³/mol. The van der Waals surface area contributed by atoms with E-state index in [0.29, 0.717) is 11.8 Å². The van der Waals surface area contributed by atoms with Gasteiger partial charge in [-0.15, -0.1) is 0 Å². The van der Waals surface area contributed by atoms with Crippen molar-refractivity contribution in [3.8, 4) is 0 Å². The SMILES string of the molecule is COC1=CCCC(C2=NC(OC)=CCC2)=N1. The summed E-state index contributed by atoms with van der Waals surface area (Å²) in [5.74, 6) is 1.38. The normalized spacial score (nSPS) is 20.4. The number of ether oxygens (including phenoxy) is 2. The lowest BCUT2D eigenvalue weighted by molar-refractivity contribution is 0.284. The van der Waals surface area contributed by atoms with E-state index in [1.54, 1.807) is 14.2 Å². The number of rotatable bonds is 3. The summed E-state index contributed by atoms with van der Waals surface area (Å²) >= 11 is 0. The van der Waals surface area contributed by atoms with Gasteiger partial charge in [0, 0.05) is 0 Å². The Balaban J connectivity index is 2.19. The van der Waals surface area contributed by atoms with Crippen molar-refractivity contribution in [3.63, 3.8) is 0 Å². The van der Waals surface area contributed by atoms with Crippen molar-refractivity contribution in [1.29, 1.82) is 0 Å². The molecule has 0 saturated carbocycles. The molecule has 0 radical (unpaired) electrons. The maximum atomic E-state index is 5.14. The summed E-state index contributed by atoms with van der Waals surface area (Å²) in [5, 5.41) is 0. The lowest BCUT2D eigenvalue weighted by atomic mass is 10.0. The third-order valence-electron chi connectivity index (χ3n) is 2.64. The molecule has 0 aliphatic carbocycles. The molecule has 2 heterocycles. The summed E-state index contributed by atoms with van der Waals surface area (Å²) in [5.41, 5.74) is 2.06. The number of nitrogens with zero attached hydrogens (tertiary/aromatic N) is 2. The fourth-order valence-electron chi connectivity index (χ4n) is 1.81. The molecule has 2 aliphatic heterocycles. The average molecular weight is 220 g/mol. The second-order valence-electron chi connectivity index (χ2n) is 3.69. The molecule has 0 unspecified atom stereocenters. The van der Waals surface area contributed by atoms with E-state index in [0.717, 1.165) is 37.1 Å². The van der Waals surface area contributed by atoms with E-state index >= 15 is 0 Å². The topological polar surface area (TPSA) is 43.2 Å². The molecule has 0 saturated heterocycles. The summed E-state index contributed by atoms with van der Waals surface area (Å²) in [7, 11) is 3.28. The maximum Gasteiger partial charge on any atom is 0.209 e. The van der Waals surface area contributed by atoms with Crippen LogP contribution in [0.1, 0.15) is 25.7 Å². The zero-order valence-corrected chi connectivity index (χ0v) is 9.69. The van der Waals surface area contributed by atoms with Gasteiger partial charge in [-0.2, -0.15) is 0 Å². The van der Waals surface area contributed by atoms with E-state index in [1.165, 1.54) is 0 Å². The minimum atomic E-state index is 0.692. The van der Waals surface area contributed by atoms with E-state index < -0.39 is 0 Å². The maximum absolute atomic E-state index is 5.14. The Hall–Kier alpha value is -1.58. The first-order chi connectivity index (χ1) is 7.83. The summed E-state index contributed by atoms with van der Waals surface area (Å²) in [6.45, 7) is 0. The van der Waals surface area contributed by atoms with Crippen molar-refractivity contribution in [3.05, 3.63) is 23.9 Å². The predicted octanol–water partition coefficient (Wildman–Crippen LogP) is 2.43. The molecule has 0 fully saturated rings. The fourth-order valence-corrected chi connectivity index (χ4v) is 1.81. The van der Waals surface area contributed by atoms with Gasteiger partial charge in [0.15, 0.2) is 0 Å². The molecule has 86 valence electrons. The van der Waals surface area contributed by atoms with Crippen LogP contribution in [0.5, 0.6) is 0 Å². The van der Waals surface area contributed by atoms with Crippen LogP contribution in [0.4, 0.5) is 0 Å². The van der Waals surface area contributed by atoms with Gasteiger partial charge in [0.05, 0.1) is 25.6 Å². The van der Waals surface area contributed by atoms with Gasteiger partial charge in [-0.05, 0) is 37.8 Å². The molecular weight excluding hydrogens is 204 g/mol. The third-order valence-corrected chi connectivity index (χ3v) is 2.64. The molecule has 2 rings (SSSR count). The molecule has 0 aromatic carbocycles. The lowest BCUT2D eigenvalue weighted by Gasteiger charge is -2.16. The fraction of sp³-hybridized carbons (Fsp3) is 0.500. The van der Waals surface area contributed by atoms with E-state index in [1.807, 2.05) is 12.2 Å². The van der Waals surface area contributed by atoms with Gasteiger partial charge in [0.1, 0.15) is 0 Å². The molecule has 0 amide bonds. The van der Waals surface area contributed by atoms with Crippen molar-refractivity contribution < 1.29 is 9.47 Å². The standard InChI is InChI=1S/C12H16N2O2/c1-15-11-7-3-5-9(13-11)10-6-4-8-12(14-10)16-2/h7-8H,3-6H2,1-2H3. The van der Waals surface area contributed by atoms with Crippen molar-refractivity contribution >= 4 is 11.4 Å². The van der Waals surface area contributed by atoms with E-state index in [2.05, 4.69) is 9.98 Å². The van der Waals surface area contributed by atoms with Gasteiger partial charge in [-0.1, -0.05) is 0 Å². The van der Waals surface area contributed by atoms with Gasteiger partial charge >= 0.3 is 0 Å². The quantitative estimate of drug-likeness (QED) is 0.733. The van der Waals surface area contributed by atoms with Crippen molar-refractivity contribution in [2.45, 2.75) is 25.7 Å². The number of aliphatic imine (C=N–C) groups is 2. The van der Waals surface area contributed by atoms with Crippen molar-refractivity contribution in [2.75, 3.05) is 14.2 Å². The van der Waals surface area contributed by atoms with Gasteiger partial charge in [-0.3, -0.25) is 0 Å². The molecule has 0 aromatic rings. The van der Waals surface area contributed by atoms with Gasteiger partial charge in [-0.25, -0.2) is 9.98 Å². The van der Waals surface area contributed by atoms with Crippen LogP contribution in [0, 0.1) is 0 Å². The first kappa shape index (κ1) is 10.9. The van der Waals surface area contributed by atoms with Crippen LogP contribution in [0.25, 0.3) is 0 Å². The highest BCUT2D eigenvalue weighted by molar-refractivity contribution is 6.43. The Labute approximate surface area is 95.4 Å². The smallest absolute Gasteiger partial charge is 0.209 e. The number of hydrogen-bond donors (Lipinski definition) is 0. The van der Waals surface area contributed by atoms with Crippen LogP contribution in [0.15, 0.2) is 33.9 Å². The molecule has 2 aliphatic rings. The number of hydrogen-bond acceptors (Lipinski definition) is 4. The first-order valence-corrected chi connectivity index (χ1v) is 5.47. The van der Waals surface area contributed by atoms with E-state index in [4.69, 9.17) is 9.47 Å². The first-order valence-electron chi connectivity index (χ1n) is 5.47. The molecule has 0 N–H and O–H groups in total. The summed E-state index contributed by atoms with van der Waals surface area (Å²) < 4.78 is 10.3. The van der Waals surface area contributed by atoms with Gasteiger partial charge in [0.2, 0.25) is 11.8 Å². The zero-order chi connectivity index (χ0) is 11.4. The molecule has 0 spiro atoms. The van der Waals surface area contributed by atoms with Gasteiger partial charge < -0.3 is 9.47 Å². The highest BCUT2D eigenvalue weighted by atomic mass is 16.5. The van der Waals surface area contributed by atoms with Crippen LogP contribution < -0.4 is 0 Å². The summed E-state index contributed by atoms with van der Waals surface area (Å²) in [4.78, 5) is 8.87. The average Bonchev–Trinajstić information content (AvgIpc) is 2.39. The number of methoxy groups -OCH3 is 2. The highest BCUT2D eigenvalue weighted by Gasteiger charge is 2.16. The van der Waals surface area contributed by atoms with Crippen molar-refractivity contribution in [2.24, 2.45) is 9.98 Å². The van der Waals surface area contributed by atoms with Crippen LogP contribution in [0.2, 0.25) is 0 Å². The Morgan fingerprint density at radius 1 is 0.875 bits per heavy atom. The minimum absolute atomic E-state index is 0.692. The zero-order valence-electron chi connectivity index (χ0n) is 9.69. The molecule has 0 atom stereocenters. The molecule has 4 heteroatoms. The van der Waals surface area contributed by atoms with Crippen LogP contribution in [-0.2, 0) is 9.47 Å². The van der Waals surface area contributed by atoms with Crippen molar-refractivity contribution in [1.82, 2.24) is 0 Å². The van der Waals surface area contributed by atoms with Crippen LogP contribution in [0.3, 0.4) is 0 Å². The second-order valence-corrected chi connectivity index (χ2v) is 3.69.